The first kappa shape index (κ1) is 9.13. The van der Waals surface area contributed by atoms with Crippen LogP contribution >= 0.6 is 0 Å². The molecular formula is C9H10F2O. The van der Waals surface area contributed by atoms with Crippen molar-refractivity contribution in [1.29, 1.82) is 0 Å². The van der Waals surface area contributed by atoms with Crippen LogP contribution in [0.5, 0.6) is 0 Å². The second-order valence-electron chi connectivity index (χ2n) is 2.55. The average Bonchev–Trinajstić information content (AvgIpc) is 2.05. The number of alkyl halides is 2. The molecule has 1 unspecified atom stereocenters. The maximum absolute atomic E-state index is 11.8. The van der Waals surface area contributed by atoms with E-state index in [1.807, 2.05) is 0 Å². The predicted molar refractivity (Wildman–Crippen MR) is 42.0 cm³/mol. The SMILES string of the molecule is OC(CC(F)F)c1ccccc1. The molecule has 0 fully saturated rings. The lowest BCUT2D eigenvalue weighted by atomic mass is 10.1. The Kier molecular flexibility index (Phi) is 3.17. The van der Waals surface area contributed by atoms with Gasteiger partial charge in [-0.2, -0.15) is 0 Å². The fourth-order valence-electron chi connectivity index (χ4n) is 0.980. The van der Waals surface area contributed by atoms with Gasteiger partial charge in [-0.1, -0.05) is 30.3 Å². The van der Waals surface area contributed by atoms with Crippen molar-refractivity contribution in [1.82, 2.24) is 0 Å². The summed E-state index contributed by atoms with van der Waals surface area (Å²) in [5.74, 6) is 0. The van der Waals surface area contributed by atoms with E-state index in [2.05, 4.69) is 0 Å². The molecule has 0 aromatic heterocycles. The van der Waals surface area contributed by atoms with Crippen molar-refractivity contribution in [3.63, 3.8) is 0 Å². The summed E-state index contributed by atoms with van der Waals surface area (Å²) in [5, 5.41) is 9.21. The van der Waals surface area contributed by atoms with Crippen LogP contribution in [-0.2, 0) is 0 Å². The summed E-state index contributed by atoms with van der Waals surface area (Å²) in [7, 11) is 0. The molecule has 0 saturated heterocycles. The van der Waals surface area contributed by atoms with Gasteiger partial charge in [-0.15, -0.1) is 0 Å². The quantitative estimate of drug-likeness (QED) is 0.742. The fraction of sp³-hybridized carbons (Fsp3) is 0.333. The van der Waals surface area contributed by atoms with E-state index in [1.165, 1.54) is 0 Å². The standard InChI is InChI=1S/C9H10F2O/c10-9(11)6-8(12)7-4-2-1-3-5-7/h1-5,8-9,12H,6H2. The molecule has 1 nitrogen and oxygen atoms in total. The number of hydrogen-bond acceptors (Lipinski definition) is 1. The second-order valence-corrected chi connectivity index (χ2v) is 2.55. The van der Waals surface area contributed by atoms with Crippen molar-refractivity contribution in [3.8, 4) is 0 Å². The van der Waals surface area contributed by atoms with Crippen LogP contribution in [0.25, 0.3) is 0 Å². The smallest absolute Gasteiger partial charge is 0.241 e. The Labute approximate surface area is 69.7 Å². The Hall–Kier alpha value is -0.960. The highest BCUT2D eigenvalue weighted by molar-refractivity contribution is 5.17. The van der Waals surface area contributed by atoms with E-state index in [0.717, 1.165) is 0 Å². The van der Waals surface area contributed by atoms with E-state index in [9.17, 15) is 13.9 Å². The Morgan fingerprint density at radius 2 is 1.75 bits per heavy atom. The van der Waals surface area contributed by atoms with Gasteiger partial charge in [0.05, 0.1) is 6.10 Å². The van der Waals surface area contributed by atoms with Crippen LogP contribution in [0.3, 0.4) is 0 Å². The molecule has 0 saturated carbocycles. The highest BCUT2D eigenvalue weighted by atomic mass is 19.3. The van der Waals surface area contributed by atoms with Crippen LogP contribution in [0.2, 0.25) is 0 Å². The second kappa shape index (κ2) is 4.16. The molecule has 0 aliphatic heterocycles. The van der Waals surface area contributed by atoms with E-state index >= 15 is 0 Å². The van der Waals surface area contributed by atoms with Crippen molar-refractivity contribution in [2.75, 3.05) is 0 Å². The number of hydrogen-bond donors (Lipinski definition) is 1. The normalized spacial score (nSPS) is 13.3. The Morgan fingerprint density at radius 1 is 1.17 bits per heavy atom. The Bertz CT molecular complexity index is 223. The van der Waals surface area contributed by atoms with Crippen LogP contribution in [0.4, 0.5) is 8.78 Å². The molecule has 0 heterocycles. The third kappa shape index (κ3) is 2.58. The number of aliphatic hydroxyl groups excluding tert-OH is 1. The van der Waals surface area contributed by atoms with E-state index in [1.54, 1.807) is 30.3 Å². The lowest BCUT2D eigenvalue weighted by Crippen LogP contribution is -2.02. The highest BCUT2D eigenvalue weighted by Gasteiger charge is 2.12. The highest BCUT2D eigenvalue weighted by Crippen LogP contribution is 2.19. The molecule has 0 amide bonds. The molecule has 1 N–H and O–H groups in total. The van der Waals surface area contributed by atoms with Gasteiger partial charge in [-0.05, 0) is 5.56 Å². The molecule has 0 radical (unpaired) electrons. The third-order valence-corrected chi connectivity index (χ3v) is 1.59. The third-order valence-electron chi connectivity index (χ3n) is 1.59. The zero-order valence-corrected chi connectivity index (χ0v) is 6.45. The van der Waals surface area contributed by atoms with E-state index in [4.69, 9.17) is 0 Å². The summed E-state index contributed by atoms with van der Waals surface area (Å²) < 4.78 is 23.6. The van der Waals surface area contributed by atoms with E-state index in [-0.39, 0.29) is 0 Å². The Balaban J connectivity index is 2.59. The zero-order chi connectivity index (χ0) is 8.97. The molecule has 0 aliphatic rings. The Morgan fingerprint density at radius 3 is 2.25 bits per heavy atom. The zero-order valence-electron chi connectivity index (χ0n) is 6.45. The van der Waals surface area contributed by atoms with Crippen molar-refractivity contribution in [3.05, 3.63) is 35.9 Å². The largest absolute Gasteiger partial charge is 0.388 e. The van der Waals surface area contributed by atoms with Gasteiger partial charge >= 0.3 is 0 Å². The van der Waals surface area contributed by atoms with Crippen LogP contribution in [0.1, 0.15) is 18.1 Å². The summed E-state index contributed by atoms with van der Waals surface area (Å²) in [4.78, 5) is 0. The summed E-state index contributed by atoms with van der Waals surface area (Å²) in [6.07, 6.45) is -4.00. The van der Waals surface area contributed by atoms with Crippen LogP contribution in [-0.4, -0.2) is 11.5 Å². The molecule has 66 valence electrons. The first-order chi connectivity index (χ1) is 5.70. The number of rotatable bonds is 3. The van der Waals surface area contributed by atoms with Gasteiger partial charge in [0.2, 0.25) is 6.43 Å². The topological polar surface area (TPSA) is 20.2 Å². The van der Waals surface area contributed by atoms with Crippen molar-refractivity contribution in [2.45, 2.75) is 19.0 Å². The number of halogens is 2. The van der Waals surface area contributed by atoms with Gasteiger partial charge in [0.1, 0.15) is 0 Å². The molecule has 0 aliphatic carbocycles. The molecule has 1 aromatic carbocycles. The predicted octanol–water partition coefficient (Wildman–Crippen LogP) is 2.38. The number of benzene rings is 1. The molecule has 1 atom stereocenters. The summed E-state index contributed by atoms with van der Waals surface area (Å²) in [6, 6.07) is 8.47. The molecule has 1 aromatic rings. The van der Waals surface area contributed by atoms with Crippen molar-refractivity contribution in [2.24, 2.45) is 0 Å². The van der Waals surface area contributed by atoms with Gasteiger partial charge in [0.25, 0.3) is 0 Å². The van der Waals surface area contributed by atoms with Gasteiger partial charge in [-0.3, -0.25) is 0 Å². The van der Waals surface area contributed by atoms with Crippen LogP contribution in [0, 0.1) is 0 Å². The fourth-order valence-corrected chi connectivity index (χ4v) is 0.980. The lowest BCUT2D eigenvalue weighted by Gasteiger charge is -2.09. The minimum absolute atomic E-state index is 0.496. The minimum atomic E-state index is -2.46. The maximum Gasteiger partial charge on any atom is 0.241 e. The molecule has 3 heteroatoms. The molecule has 12 heavy (non-hydrogen) atoms. The molecule has 0 spiro atoms. The molecular weight excluding hydrogens is 162 g/mol. The summed E-state index contributed by atoms with van der Waals surface area (Å²) in [5.41, 5.74) is 0.540. The summed E-state index contributed by atoms with van der Waals surface area (Å²) >= 11 is 0. The lowest BCUT2D eigenvalue weighted by molar-refractivity contribution is 0.0611. The first-order valence-corrected chi connectivity index (χ1v) is 3.71. The number of aliphatic hydroxyl groups is 1. The van der Waals surface area contributed by atoms with Crippen molar-refractivity contribution < 1.29 is 13.9 Å². The van der Waals surface area contributed by atoms with Crippen molar-refractivity contribution >= 4 is 0 Å². The van der Waals surface area contributed by atoms with Gasteiger partial charge < -0.3 is 5.11 Å². The minimum Gasteiger partial charge on any atom is -0.388 e. The van der Waals surface area contributed by atoms with E-state index < -0.39 is 19.0 Å². The maximum atomic E-state index is 11.8. The summed E-state index contributed by atoms with van der Waals surface area (Å²) in [6.45, 7) is 0. The van der Waals surface area contributed by atoms with E-state index in [0.29, 0.717) is 5.56 Å². The van der Waals surface area contributed by atoms with Crippen LogP contribution in [0.15, 0.2) is 30.3 Å². The van der Waals surface area contributed by atoms with Gasteiger partial charge in [0.15, 0.2) is 0 Å². The molecule has 0 bridgehead atoms. The van der Waals surface area contributed by atoms with Gasteiger partial charge in [-0.25, -0.2) is 8.78 Å². The van der Waals surface area contributed by atoms with Gasteiger partial charge in [0, 0.05) is 6.42 Å². The molecule has 1 rings (SSSR count). The average molecular weight is 172 g/mol. The van der Waals surface area contributed by atoms with Crippen LogP contribution < -0.4 is 0 Å². The monoisotopic (exact) mass is 172 g/mol. The first-order valence-electron chi connectivity index (χ1n) is 3.71.